The lowest BCUT2D eigenvalue weighted by Crippen LogP contribution is -2.32. The summed E-state index contributed by atoms with van der Waals surface area (Å²) < 4.78 is 5.66. The second kappa shape index (κ2) is 5.94. The molecule has 0 N–H and O–H groups in total. The monoisotopic (exact) mass is 276 g/mol. The fourth-order valence-corrected chi connectivity index (χ4v) is 2.71. The molecule has 0 aromatic heterocycles. The maximum absolute atomic E-state index is 6.12. The molecular formula is C12H18Cl2OSi. The third kappa shape index (κ3) is 4.36. The van der Waals surface area contributed by atoms with Crippen molar-refractivity contribution in [1.29, 1.82) is 0 Å². The molecule has 0 aliphatic rings. The van der Waals surface area contributed by atoms with E-state index in [9.17, 15) is 0 Å². The maximum Gasteiger partial charge on any atom is 0.277 e. The van der Waals surface area contributed by atoms with Crippen LogP contribution < -0.4 is 9.92 Å². The summed E-state index contributed by atoms with van der Waals surface area (Å²) in [5, 5.41) is 1.02. The van der Waals surface area contributed by atoms with E-state index < -0.39 is 6.69 Å². The highest BCUT2D eigenvalue weighted by Gasteiger charge is 2.23. The molecule has 0 fully saturated rings. The van der Waals surface area contributed by atoms with E-state index in [0.717, 1.165) is 24.0 Å². The first-order chi connectivity index (χ1) is 7.43. The van der Waals surface area contributed by atoms with Gasteiger partial charge in [0, 0.05) is 0 Å². The summed E-state index contributed by atoms with van der Waals surface area (Å²) in [6.45, 7) is 4.77. The first kappa shape index (κ1) is 13.9. The number of halogens is 2. The van der Waals surface area contributed by atoms with E-state index >= 15 is 0 Å². The summed E-state index contributed by atoms with van der Waals surface area (Å²) in [6.07, 6.45) is 1.13. The second-order valence-corrected chi connectivity index (χ2v) is 11.7. The average molecular weight is 277 g/mol. The van der Waals surface area contributed by atoms with Gasteiger partial charge in [0.25, 0.3) is 6.69 Å². The summed E-state index contributed by atoms with van der Waals surface area (Å²) in [4.78, 5) is 0. The Morgan fingerprint density at radius 2 is 1.81 bits per heavy atom. The van der Waals surface area contributed by atoms with E-state index in [4.69, 9.17) is 26.9 Å². The van der Waals surface area contributed by atoms with Crippen molar-refractivity contribution < 1.29 is 4.74 Å². The van der Waals surface area contributed by atoms with Crippen LogP contribution >= 0.6 is 22.2 Å². The number of hydrogen-bond acceptors (Lipinski definition) is 1. The third-order valence-electron chi connectivity index (χ3n) is 2.59. The molecule has 0 radical (unpaired) electrons. The van der Waals surface area contributed by atoms with E-state index in [1.54, 1.807) is 0 Å². The second-order valence-electron chi connectivity index (χ2n) is 4.24. The fourth-order valence-electron chi connectivity index (χ4n) is 1.20. The number of ether oxygens (including phenoxy) is 1. The molecule has 1 atom stereocenters. The third-order valence-corrected chi connectivity index (χ3v) is 5.25. The molecule has 0 spiro atoms. The molecule has 1 nitrogen and oxygen atoms in total. The van der Waals surface area contributed by atoms with Gasteiger partial charge in [-0.1, -0.05) is 32.4 Å². The molecular weight excluding hydrogens is 259 g/mol. The van der Waals surface area contributed by atoms with Gasteiger partial charge in [0.05, 0.1) is 6.61 Å². The average Bonchev–Trinajstić information content (AvgIpc) is 2.25. The van der Waals surface area contributed by atoms with E-state index in [1.165, 1.54) is 0 Å². The highest BCUT2D eigenvalue weighted by atomic mass is 35.7. The lowest BCUT2D eigenvalue weighted by molar-refractivity contribution is 0.256. The standard InChI is InChI=1S/C12H18Cl2OSi/c1-4-10(2)9-15-11-5-7-12(8-6-11)16(3,13)14/h5-8,10H,4,9H2,1-3H3/t10-/m0/s1. The normalized spacial score (nSPS) is 13.6. The van der Waals surface area contributed by atoms with Crippen LogP contribution in [0.2, 0.25) is 6.55 Å². The Kier molecular flexibility index (Phi) is 5.16. The first-order valence-corrected chi connectivity index (χ1v) is 10.1. The Hall–Kier alpha value is -0.183. The van der Waals surface area contributed by atoms with Gasteiger partial charge in [0.2, 0.25) is 0 Å². The SMILES string of the molecule is CC[C@H](C)COc1ccc([Si](C)(Cl)Cl)cc1. The minimum Gasteiger partial charge on any atom is -0.493 e. The highest BCUT2D eigenvalue weighted by molar-refractivity contribution is 7.50. The van der Waals surface area contributed by atoms with Crippen molar-refractivity contribution in [2.75, 3.05) is 6.61 Å². The molecule has 0 amide bonds. The maximum atomic E-state index is 6.12. The van der Waals surface area contributed by atoms with Gasteiger partial charge < -0.3 is 4.74 Å². The van der Waals surface area contributed by atoms with Crippen LogP contribution in [-0.4, -0.2) is 13.3 Å². The topological polar surface area (TPSA) is 9.23 Å². The van der Waals surface area contributed by atoms with E-state index in [0.29, 0.717) is 5.92 Å². The molecule has 0 heterocycles. The molecule has 0 aliphatic heterocycles. The fraction of sp³-hybridized carbons (Fsp3) is 0.500. The van der Waals surface area contributed by atoms with Crippen LogP contribution in [0.15, 0.2) is 24.3 Å². The smallest absolute Gasteiger partial charge is 0.277 e. The van der Waals surface area contributed by atoms with Crippen molar-refractivity contribution >= 4 is 34.0 Å². The predicted molar refractivity (Wildman–Crippen MR) is 74.4 cm³/mol. The van der Waals surface area contributed by atoms with Gasteiger partial charge in [0.15, 0.2) is 0 Å². The van der Waals surface area contributed by atoms with Crippen molar-refractivity contribution in [3.05, 3.63) is 24.3 Å². The van der Waals surface area contributed by atoms with E-state index in [2.05, 4.69) is 13.8 Å². The quantitative estimate of drug-likeness (QED) is 0.586. The van der Waals surface area contributed by atoms with Crippen molar-refractivity contribution in [2.24, 2.45) is 5.92 Å². The van der Waals surface area contributed by atoms with Crippen LogP contribution in [0.1, 0.15) is 20.3 Å². The van der Waals surface area contributed by atoms with Gasteiger partial charge in [0.1, 0.15) is 5.75 Å². The zero-order chi connectivity index (χ0) is 12.2. The van der Waals surface area contributed by atoms with Gasteiger partial charge in [-0.15, -0.1) is 22.2 Å². The Morgan fingerprint density at radius 1 is 1.25 bits per heavy atom. The lowest BCUT2D eigenvalue weighted by Gasteiger charge is -2.13. The zero-order valence-corrected chi connectivity index (χ0v) is 12.5. The van der Waals surface area contributed by atoms with Crippen molar-refractivity contribution in [1.82, 2.24) is 0 Å². The Labute approximate surface area is 108 Å². The molecule has 0 unspecified atom stereocenters. The zero-order valence-electron chi connectivity index (χ0n) is 9.97. The molecule has 0 saturated carbocycles. The van der Waals surface area contributed by atoms with Gasteiger partial charge >= 0.3 is 0 Å². The predicted octanol–water partition coefficient (Wildman–Crippen LogP) is 3.87. The molecule has 90 valence electrons. The highest BCUT2D eigenvalue weighted by Crippen LogP contribution is 2.17. The summed E-state index contributed by atoms with van der Waals surface area (Å²) in [5.74, 6) is 1.47. The molecule has 1 rings (SSSR count). The van der Waals surface area contributed by atoms with Crippen LogP contribution in [-0.2, 0) is 0 Å². The summed E-state index contributed by atoms with van der Waals surface area (Å²) in [7, 11) is 0. The molecule has 1 aromatic carbocycles. The van der Waals surface area contributed by atoms with Crippen molar-refractivity contribution in [3.63, 3.8) is 0 Å². The lowest BCUT2D eigenvalue weighted by atomic mass is 10.1. The van der Waals surface area contributed by atoms with E-state index in [-0.39, 0.29) is 0 Å². The summed E-state index contributed by atoms with van der Waals surface area (Å²) in [5.41, 5.74) is 0. The minimum atomic E-state index is -2.22. The van der Waals surface area contributed by atoms with Gasteiger partial charge in [-0.05, 0) is 29.8 Å². The van der Waals surface area contributed by atoms with Crippen LogP contribution in [0.4, 0.5) is 0 Å². The van der Waals surface area contributed by atoms with E-state index in [1.807, 2.05) is 30.8 Å². The van der Waals surface area contributed by atoms with Crippen LogP contribution in [0.5, 0.6) is 5.75 Å². The number of hydrogen-bond donors (Lipinski definition) is 0. The molecule has 0 bridgehead atoms. The van der Waals surface area contributed by atoms with Crippen LogP contribution in [0.3, 0.4) is 0 Å². The Bertz CT molecular complexity index is 319. The molecule has 4 heteroatoms. The largest absolute Gasteiger partial charge is 0.493 e. The molecule has 0 aliphatic carbocycles. The molecule has 0 saturated heterocycles. The molecule has 16 heavy (non-hydrogen) atoms. The van der Waals surface area contributed by atoms with Crippen LogP contribution in [0, 0.1) is 5.92 Å². The minimum absolute atomic E-state index is 0.584. The molecule has 1 aromatic rings. The van der Waals surface area contributed by atoms with Crippen molar-refractivity contribution in [2.45, 2.75) is 26.8 Å². The van der Waals surface area contributed by atoms with Crippen molar-refractivity contribution in [3.8, 4) is 5.75 Å². The van der Waals surface area contributed by atoms with Crippen LogP contribution in [0.25, 0.3) is 0 Å². The van der Waals surface area contributed by atoms with Gasteiger partial charge in [-0.2, -0.15) is 0 Å². The number of rotatable bonds is 5. The van der Waals surface area contributed by atoms with Gasteiger partial charge in [-0.3, -0.25) is 0 Å². The Balaban J connectivity index is 2.58. The van der Waals surface area contributed by atoms with Gasteiger partial charge in [-0.25, -0.2) is 0 Å². The Morgan fingerprint density at radius 3 is 2.25 bits per heavy atom. The first-order valence-electron chi connectivity index (χ1n) is 5.54. The summed E-state index contributed by atoms with van der Waals surface area (Å²) >= 11 is 12.2. The number of benzene rings is 1. The summed E-state index contributed by atoms with van der Waals surface area (Å²) in [6, 6.07) is 7.79.